The number of carbonyl (C=O) groups is 1. The molecule has 28 heavy (non-hydrogen) atoms. The van der Waals surface area contributed by atoms with E-state index in [4.69, 9.17) is 0 Å². The van der Waals surface area contributed by atoms with Crippen molar-refractivity contribution in [2.75, 3.05) is 10.6 Å². The number of rotatable bonds is 2. The monoisotopic (exact) mass is 398 g/mol. The minimum atomic E-state index is -4.99. The minimum absolute atomic E-state index is 0.00752. The summed E-state index contributed by atoms with van der Waals surface area (Å²) in [5.41, 5.74) is -3.31. The fourth-order valence-electron chi connectivity index (χ4n) is 2.59. The summed E-state index contributed by atoms with van der Waals surface area (Å²) in [6, 6.07) is 12.1. The minimum Gasteiger partial charge on any atom is -0.308 e. The quantitative estimate of drug-likeness (QED) is 0.474. The van der Waals surface area contributed by atoms with Gasteiger partial charge in [-0.25, -0.2) is 4.79 Å². The maximum Gasteiger partial charge on any atom is 0.416 e. The van der Waals surface area contributed by atoms with Gasteiger partial charge in [-0.1, -0.05) is 30.3 Å². The van der Waals surface area contributed by atoms with Gasteiger partial charge in [0.25, 0.3) is 0 Å². The van der Waals surface area contributed by atoms with Crippen LogP contribution in [0.25, 0.3) is 10.8 Å². The first-order valence-electron chi connectivity index (χ1n) is 7.89. The maximum atomic E-state index is 12.9. The molecule has 0 bridgehead atoms. The van der Waals surface area contributed by atoms with Gasteiger partial charge in [-0.3, -0.25) is 0 Å². The molecule has 0 radical (unpaired) electrons. The van der Waals surface area contributed by atoms with Crippen molar-refractivity contribution in [3.8, 4) is 0 Å². The number of halogens is 6. The highest BCUT2D eigenvalue weighted by atomic mass is 19.4. The average Bonchev–Trinajstić information content (AvgIpc) is 2.59. The van der Waals surface area contributed by atoms with Gasteiger partial charge in [-0.2, -0.15) is 26.3 Å². The van der Waals surface area contributed by atoms with Crippen LogP contribution in [0.5, 0.6) is 0 Å². The predicted molar refractivity (Wildman–Crippen MR) is 93.0 cm³/mol. The molecule has 0 fully saturated rings. The number of fused-ring (bicyclic) bond motifs is 1. The third kappa shape index (κ3) is 4.54. The summed E-state index contributed by atoms with van der Waals surface area (Å²) >= 11 is 0. The second kappa shape index (κ2) is 7.06. The number of anilines is 2. The van der Waals surface area contributed by atoms with E-state index < -0.39 is 35.2 Å². The Hall–Kier alpha value is -3.23. The molecule has 3 nitrogen and oxygen atoms in total. The van der Waals surface area contributed by atoms with E-state index in [-0.39, 0.29) is 6.07 Å². The smallest absolute Gasteiger partial charge is 0.308 e. The Kier molecular flexibility index (Phi) is 4.93. The van der Waals surface area contributed by atoms with Crippen molar-refractivity contribution < 1.29 is 31.1 Å². The second-order valence-electron chi connectivity index (χ2n) is 5.94. The first-order valence-corrected chi connectivity index (χ1v) is 7.89. The summed E-state index contributed by atoms with van der Waals surface area (Å²) in [4.78, 5) is 12.1. The molecule has 146 valence electrons. The van der Waals surface area contributed by atoms with E-state index in [9.17, 15) is 31.1 Å². The van der Waals surface area contributed by atoms with E-state index >= 15 is 0 Å². The zero-order chi connectivity index (χ0) is 20.5. The number of hydrogen-bond acceptors (Lipinski definition) is 1. The van der Waals surface area contributed by atoms with Crippen molar-refractivity contribution in [3.63, 3.8) is 0 Å². The molecule has 0 aliphatic heterocycles. The van der Waals surface area contributed by atoms with Crippen LogP contribution < -0.4 is 10.6 Å². The lowest BCUT2D eigenvalue weighted by Gasteiger charge is -2.15. The summed E-state index contributed by atoms with van der Waals surface area (Å²) in [6.07, 6.45) is -9.99. The standard InChI is InChI=1S/C19H12F6N2O/c20-18(21,22)13-8-14(19(23,24)25)10-16(9-13)27-17(28)26-15-6-5-11-3-1-2-4-12(11)7-15/h1-10H,(H2,26,27,28). The van der Waals surface area contributed by atoms with Gasteiger partial charge in [-0.15, -0.1) is 0 Å². The van der Waals surface area contributed by atoms with Crippen LogP contribution in [0.15, 0.2) is 60.7 Å². The van der Waals surface area contributed by atoms with E-state index in [1.165, 1.54) is 0 Å². The topological polar surface area (TPSA) is 41.1 Å². The molecule has 3 aromatic carbocycles. The van der Waals surface area contributed by atoms with Crippen LogP contribution in [-0.4, -0.2) is 6.03 Å². The number of carbonyl (C=O) groups excluding carboxylic acids is 1. The van der Waals surface area contributed by atoms with Crippen molar-refractivity contribution in [2.24, 2.45) is 0 Å². The average molecular weight is 398 g/mol. The van der Waals surface area contributed by atoms with Crippen molar-refractivity contribution in [2.45, 2.75) is 12.4 Å². The zero-order valence-corrected chi connectivity index (χ0v) is 13.9. The highest BCUT2D eigenvalue weighted by Gasteiger charge is 2.37. The second-order valence-corrected chi connectivity index (χ2v) is 5.94. The molecule has 9 heteroatoms. The van der Waals surface area contributed by atoms with Crippen LogP contribution in [0.4, 0.5) is 42.5 Å². The fraction of sp³-hybridized carbons (Fsp3) is 0.105. The van der Waals surface area contributed by atoms with E-state index in [2.05, 4.69) is 5.32 Å². The van der Waals surface area contributed by atoms with Crippen molar-refractivity contribution in [1.29, 1.82) is 0 Å². The lowest BCUT2D eigenvalue weighted by atomic mass is 10.1. The van der Waals surface area contributed by atoms with Crippen LogP contribution in [0, 0.1) is 0 Å². The molecule has 0 aromatic heterocycles. The Morgan fingerprint density at radius 2 is 1.18 bits per heavy atom. The molecule has 0 aliphatic carbocycles. The highest BCUT2D eigenvalue weighted by molar-refractivity contribution is 6.01. The number of alkyl halides is 6. The third-order valence-electron chi connectivity index (χ3n) is 3.85. The predicted octanol–water partition coefficient (Wildman–Crippen LogP) is 6.52. The largest absolute Gasteiger partial charge is 0.416 e. The molecule has 0 saturated carbocycles. The van der Waals surface area contributed by atoms with Gasteiger partial charge in [0.2, 0.25) is 0 Å². The molecule has 0 saturated heterocycles. The normalized spacial score (nSPS) is 12.1. The van der Waals surface area contributed by atoms with Gasteiger partial charge >= 0.3 is 18.4 Å². The summed E-state index contributed by atoms with van der Waals surface area (Å²) in [5, 5.41) is 6.11. The number of benzene rings is 3. The van der Waals surface area contributed by atoms with Gasteiger partial charge in [0, 0.05) is 11.4 Å². The number of nitrogens with one attached hydrogen (secondary N) is 2. The molecular formula is C19H12F6N2O. The Labute approximate surface area is 155 Å². The first-order chi connectivity index (χ1) is 13.0. The zero-order valence-electron chi connectivity index (χ0n) is 13.9. The molecule has 0 atom stereocenters. The molecule has 3 aromatic rings. The van der Waals surface area contributed by atoms with Crippen LogP contribution in [-0.2, 0) is 12.4 Å². The highest BCUT2D eigenvalue weighted by Crippen LogP contribution is 2.37. The van der Waals surface area contributed by atoms with Crippen molar-refractivity contribution in [1.82, 2.24) is 0 Å². The van der Waals surface area contributed by atoms with Crippen molar-refractivity contribution >= 4 is 28.2 Å². The SMILES string of the molecule is O=C(Nc1cc(C(F)(F)F)cc(C(F)(F)F)c1)Nc1ccc2ccccc2c1. The molecular weight excluding hydrogens is 386 g/mol. The fourth-order valence-corrected chi connectivity index (χ4v) is 2.59. The Bertz CT molecular complexity index is 995. The van der Waals surface area contributed by atoms with Gasteiger partial charge in [0.05, 0.1) is 11.1 Å². The number of amides is 2. The lowest BCUT2D eigenvalue weighted by Crippen LogP contribution is -2.20. The van der Waals surface area contributed by atoms with E-state index in [0.717, 1.165) is 10.8 Å². The molecule has 0 spiro atoms. The van der Waals surface area contributed by atoms with Crippen LogP contribution in [0.2, 0.25) is 0 Å². The Morgan fingerprint density at radius 3 is 1.75 bits per heavy atom. The maximum absolute atomic E-state index is 12.9. The number of hydrogen-bond donors (Lipinski definition) is 2. The van der Waals surface area contributed by atoms with Crippen molar-refractivity contribution in [3.05, 3.63) is 71.8 Å². The number of urea groups is 1. The van der Waals surface area contributed by atoms with Crippen LogP contribution in [0.1, 0.15) is 11.1 Å². The van der Waals surface area contributed by atoms with E-state index in [1.807, 2.05) is 17.4 Å². The lowest BCUT2D eigenvalue weighted by molar-refractivity contribution is -0.143. The summed E-state index contributed by atoms with van der Waals surface area (Å²) in [6.45, 7) is 0. The van der Waals surface area contributed by atoms with Gasteiger partial charge in [0.1, 0.15) is 0 Å². The molecule has 0 heterocycles. The Morgan fingerprint density at radius 1 is 0.643 bits per heavy atom. The van der Waals surface area contributed by atoms with Crippen LogP contribution >= 0.6 is 0 Å². The molecule has 2 N–H and O–H groups in total. The van der Waals surface area contributed by atoms with Crippen LogP contribution in [0.3, 0.4) is 0 Å². The molecule has 0 aliphatic rings. The van der Waals surface area contributed by atoms with Gasteiger partial charge < -0.3 is 10.6 Å². The van der Waals surface area contributed by atoms with E-state index in [1.54, 1.807) is 30.3 Å². The summed E-state index contributed by atoms with van der Waals surface area (Å²) in [7, 11) is 0. The molecule has 3 rings (SSSR count). The van der Waals surface area contributed by atoms with Gasteiger partial charge in [-0.05, 0) is 41.1 Å². The summed E-state index contributed by atoms with van der Waals surface area (Å²) < 4.78 is 77.2. The molecule has 2 amide bonds. The van der Waals surface area contributed by atoms with Gasteiger partial charge in [0.15, 0.2) is 0 Å². The molecule has 0 unspecified atom stereocenters. The Balaban J connectivity index is 1.84. The van der Waals surface area contributed by atoms with E-state index in [0.29, 0.717) is 17.8 Å². The summed E-state index contributed by atoms with van der Waals surface area (Å²) in [5.74, 6) is 0. The first kappa shape index (κ1) is 19.5. The third-order valence-corrected chi connectivity index (χ3v) is 3.85.